The van der Waals surface area contributed by atoms with E-state index in [1.807, 2.05) is 0 Å². The molecular weight excluding hydrogens is 308 g/mol. The molecule has 2 atom stereocenters. The molecule has 1 aromatic carbocycles. The zero-order valence-corrected chi connectivity index (χ0v) is 14.0. The van der Waals surface area contributed by atoms with Gasteiger partial charge in [0.1, 0.15) is 5.75 Å². The Kier molecular flexibility index (Phi) is 5.16. The molecule has 0 bridgehead atoms. The minimum atomic E-state index is -0.416. The highest BCUT2D eigenvalue weighted by Gasteiger charge is 2.44. The molecule has 0 aliphatic carbocycles. The average Bonchev–Trinajstić information content (AvgIpc) is 2.90. The van der Waals surface area contributed by atoms with Crippen LogP contribution in [0.4, 0.5) is 5.69 Å². The fourth-order valence-corrected chi connectivity index (χ4v) is 3.79. The van der Waals surface area contributed by atoms with E-state index in [1.165, 1.54) is 4.90 Å². The number of imide groups is 1. The molecule has 2 fully saturated rings. The summed E-state index contributed by atoms with van der Waals surface area (Å²) in [5.74, 6) is 0.275. The van der Waals surface area contributed by atoms with E-state index in [1.54, 1.807) is 31.4 Å². The number of ether oxygens (including phenoxy) is 1. The quantitative estimate of drug-likeness (QED) is 0.829. The summed E-state index contributed by atoms with van der Waals surface area (Å²) in [6.45, 7) is 0.913. The van der Waals surface area contributed by atoms with Crippen molar-refractivity contribution in [2.45, 2.75) is 44.2 Å². The molecule has 0 spiro atoms. The number of nitrogens with zero attached hydrogens (tertiary/aromatic N) is 2. The summed E-state index contributed by atoms with van der Waals surface area (Å²) >= 11 is 0. The summed E-state index contributed by atoms with van der Waals surface area (Å²) in [5, 5.41) is 9.28. The number of likely N-dealkylation sites (tertiary alicyclic amines) is 1. The molecule has 0 aromatic heterocycles. The molecule has 2 heterocycles. The zero-order valence-electron chi connectivity index (χ0n) is 14.0. The van der Waals surface area contributed by atoms with Gasteiger partial charge in [0.2, 0.25) is 5.91 Å². The van der Waals surface area contributed by atoms with Gasteiger partial charge in [0.15, 0.2) is 0 Å². The number of hydrogen-bond donors (Lipinski definition) is 1. The van der Waals surface area contributed by atoms with Crippen molar-refractivity contribution in [3.8, 4) is 5.75 Å². The third-order valence-corrected chi connectivity index (χ3v) is 4.97. The highest BCUT2D eigenvalue weighted by Crippen LogP contribution is 2.31. The molecule has 1 N–H and O–H groups in total. The Morgan fingerprint density at radius 3 is 2.88 bits per heavy atom. The van der Waals surface area contributed by atoms with Gasteiger partial charge < -0.3 is 9.84 Å². The van der Waals surface area contributed by atoms with Crippen LogP contribution in [0.25, 0.3) is 0 Å². The van der Waals surface area contributed by atoms with Crippen LogP contribution >= 0.6 is 0 Å². The van der Waals surface area contributed by atoms with Crippen LogP contribution in [-0.4, -0.2) is 54.2 Å². The van der Waals surface area contributed by atoms with E-state index in [0.29, 0.717) is 17.9 Å². The maximum atomic E-state index is 12.9. The van der Waals surface area contributed by atoms with Crippen LogP contribution in [0.5, 0.6) is 5.75 Å². The second-order valence-corrected chi connectivity index (χ2v) is 6.39. The van der Waals surface area contributed by atoms with Crippen molar-refractivity contribution in [3.63, 3.8) is 0 Å². The molecule has 6 heteroatoms. The number of carbonyl (C=O) groups is 2. The number of anilines is 1. The zero-order chi connectivity index (χ0) is 17.1. The first-order chi connectivity index (χ1) is 11.7. The second kappa shape index (κ2) is 7.32. The summed E-state index contributed by atoms with van der Waals surface area (Å²) < 4.78 is 5.19. The van der Waals surface area contributed by atoms with Crippen molar-refractivity contribution in [1.29, 1.82) is 0 Å². The van der Waals surface area contributed by atoms with Gasteiger partial charge in [-0.25, -0.2) is 4.90 Å². The van der Waals surface area contributed by atoms with Gasteiger partial charge in [-0.05, 0) is 37.9 Å². The minimum Gasteiger partial charge on any atom is -0.497 e. The third-order valence-electron chi connectivity index (χ3n) is 4.97. The van der Waals surface area contributed by atoms with Crippen LogP contribution in [0.1, 0.15) is 32.1 Å². The Balaban J connectivity index is 1.82. The van der Waals surface area contributed by atoms with Crippen molar-refractivity contribution in [1.82, 2.24) is 4.90 Å². The maximum absolute atomic E-state index is 12.9. The van der Waals surface area contributed by atoms with Gasteiger partial charge in [0, 0.05) is 18.7 Å². The fourth-order valence-electron chi connectivity index (χ4n) is 3.79. The predicted molar refractivity (Wildman–Crippen MR) is 89.9 cm³/mol. The fraction of sp³-hybridized carbons (Fsp3) is 0.556. The first kappa shape index (κ1) is 16.9. The number of hydrogen-bond acceptors (Lipinski definition) is 5. The molecule has 24 heavy (non-hydrogen) atoms. The second-order valence-electron chi connectivity index (χ2n) is 6.39. The Morgan fingerprint density at radius 2 is 2.12 bits per heavy atom. The molecule has 2 amide bonds. The number of piperidine rings is 1. The van der Waals surface area contributed by atoms with E-state index >= 15 is 0 Å². The molecule has 2 aliphatic heterocycles. The summed E-state index contributed by atoms with van der Waals surface area (Å²) in [5.41, 5.74) is 0.558. The first-order valence-electron chi connectivity index (χ1n) is 8.53. The first-order valence-corrected chi connectivity index (χ1v) is 8.53. The number of amides is 2. The Hall–Kier alpha value is -1.92. The number of aliphatic hydroxyl groups excluding tert-OH is 1. The number of benzene rings is 1. The highest BCUT2D eigenvalue weighted by molar-refractivity contribution is 6.22. The highest BCUT2D eigenvalue weighted by atomic mass is 16.5. The van der Waals surface area contributed by atoms with E-state index in [-0.39, 0.29) is 30.9 Å². The van der Waals surface area contributed by atoms with Gasteiger partial charge in [-0.2, -0.15) is 0 Å². The van der Waals surface area contributed by atoms with E-state index in [4.69, 9.17) is 4.74 Å². The SMILES string of the molecule is COc1cccc(N2C(=O)C[C@@H](N3CCCC[C@H]3CCO)C2=O)c1. The van der Waals surface area contributed by atoms with Crippen LogP contribution in [-0.2, 0) is 9.59 Å². The van der Waals surface area contributed by atoms with Crippen molar-refractivity contribution in [2.24, 2.45) is 0 Å². The lowest BCUT2D eigenvalue weighted by molar-refractivity contribution is -0.123. The molecule has 1 aromatic rings. The van der Waals surface area contributed by atoms with Gasteiger partial charge in [0.25, 0.3) is 5.91 Å². The molecule has 130 valence electrons. The summed E-state index contributed by atoms with van der Waals surface area (Å²) in [4.78, 5) is 28.8. The van der Waals surface area contributed by atoms with Gasteiger partial charge >= 0.3 is 0 Å². The van der Waals surface area contributed by atoms with Crippen LogP contribution in [0.15, 0.2) is 24.3 Å². The van der Waals surface area contributed by atoms with Gasteiger partial charge in [-0.15, -0.1) is 0 Å². The summed E-state index contributed by atoms with van der Waals surface area (Å²) in [6, 6.07) is 6.78. The summed E-state index contributed by atoms with van der Waals surface area (Å²) in [7, 11) is 1.56. The van der Waals surface area contributed by atoms with E-state index < -0.39 is 6.04 Å². The van der Waals surface area contributed by atoms with Gasteiger partial charge in [-0.3, -0.25) is 14.5 Å². The molecule has 0 unspecified atom stereocenters. The predicted octanol–water partition coefficient (Wildman–Crippen LogP) is 1.56. The number of carbonyl (C=O) groups excluding carboxylic acids is 2. The van der Waals surface area contributed by atoms with Crippen molar-refractivity contribution < 1.29 is 19.4 Å². The van der Waals surface area contributed by atoms with E-state index in [2.05, 4.69) is 4.90 Å². The number of rotatable bonds is 5. The largest absolute Gasteiger partial charge is 0.497 e. The molecular formula is C18H24N2O4. The average molecular weight is 332 g/mol. The van der Waals surface area contributed by atoms with Crippen molar-refractivity contribution >= 4 is 17.5 Å². The van der Waals surface area contributed by atoms with Crippen molar-refractivity contribution in [3.05, 3.63) is 24.3 Å². The number of methoxy groups -OCH3 is 1. The lowest BCUT2D eigenvalue weighted by atomic mass is 9.97. The molecule has 2 aliphatic rings. The monoisotopic (exact) mass is 332 g/mol. The Morgan fingerprint density at radius 1 is 1.29 bits per heavy atom. The molecule has 3 rings (SSSR count). The van der Waals surface area contributed by atoms with E-state index in [0.717, 1.165) is 25.8 Å². The van der Waals surface area contributed by atoms with Crippen molar-refractivity contribution in [2.75, 3.05) is 25.2 Å². The van der Waals surface area contributed by atoms with E-state index in [9.17, 15) is 14.7 Å². The Labute approximate surface area is 142 Å². The lowest BCUT2D eigenvalue weighted by Gasteiger charge is -2.38. The molecule has 0 saturated carbocycles. The van der Waals surface area contributed by atoms with Crippen LogP contribution in [0.2, 0.25) is 0 Å². The smallest absolute Gasteiger partial charge is 0.251 e. The topological polar surface area (TPSA) is 70.1 Å². The minimum absolute atomic E-state index is 0.107. The maximum Gasteiger partial charge on any atom is 0.251 e. The molecule has 6 nitrogen and oxygen atoms in total. The summed E-state index contributed by atoms with van der Waals surface area (Å²) in [6.07, 6.45) is 3.96. The van der Waals surface area contributed by atoms with Crippen LogP contribution in [0.3, 0.4) is 0 Å². The standard InChI is InChI=1S/C18H24N2O4/c1-24-15-7-4-6-14(11-15)20-17(22)12-16(18(20)23)19-9-3-2-5-13(19)8-10-21/h4,6-7,11,13,16,21H,2-3,5,8-10,12H2,1H3/t13-,16+/m0/s1. The van der Waals surface area contributed by atoms with Crippen LogP contribution < -0.4 is 9.64 Å². The van der Waals surface area contributed by atoms with Gasteiger partial charge in [0.05, 0.1) is 25.3 Å². The van der Waals surface area contributed by atoms with Crippen LogP contribution in [0, 0.1) is 0 Å². The number of aliphatic hydroxyl groups is 1. The molecule has 2 saturated heterocycles. The third kappa shape index (κ3) is 3.16. The molecule has 0 radical (unpaired) electrons. The lowest BCUT2D eigenvalue weighted by Crippen LogP contribution is -2.50. The Bertz CT molecular complexity index is 617. The van der Waals surface area contributed by atoms with Gasteiger partial charge in [-0.1, -0.05) is 12.5 Å². The normalized spacial score (nSPS) is 25.3.